The van der Waals surface area contributed by atoms with E-state index in [1.807, 2.05) is 10.8 Å². The smallest absolute Gasteiger partial charge is 0.183 e. The molecule has 2 aromatic heterocycles. The van der Waals surface area contributed by atoms with Crippen LogP contribution in [0.2, 0.25) is 0 Å². The number of nitrogens with zero attached hydrogens (tertiary/aromatic N) is 2. The molecular formula is C11H15N3OS2. The van der Waals surface area contributed by atoms with Gasteiger partial charge in [0, 0.05) is 24.4 Å². The maximum atomic E-state index is 5.05. The molecule has 0 saturated carbocycles. The van der Waals surface area contributed by atoms with E-state index in [1.165, 1.54) is 0 Å². The van der Waals surface area contributed by atoms with Crippen molar-refractivity contribution in [1.29, 1.82) is 0 Å². The van der Waals surface area contributed by atoms with E-state index in [-0.39, 0.29) is 0 Å². The highest BCUT2D eigenvalue weighted by Gasteiger charge is 2.08. The average Bonchev–Trinajstić information content (AvgIpc) is 2.95. The van der Waals surface area contributed by atoms with E-state index < -0.39 is 0 Å². The number of anilines is 1. The molecule has 0 aliphatic rings. The van der Waals surface area contributed by atoms with Gasteiger partial charge >= 0.3 is 0 Å². The van der Waals surface area contributed by atoms with E-state index in [2.05, 4.69) is 22.2 Å². The molecule has 0 atom stereocenters. The zero-order valence-corrected chi connectivity index (χ0v) is 11.5. The summed E-state index contributed by atoms with van der Waals surface area (Å²) in [6, 6.07) is 0. The maximum absolute atomic E-state index is 5.05. The molecule has 1 N–H and O–H groups in total. The van der Waals surface area contributed by atoms with Gasteiger partial charge in [-0.15, -0.1) is 22.7 Å². The Hall–Kier alpha value is -0.980. The molecule has 92 valence electrons. The van der Waals surface area contributed by atoms with Crippen LogP contribution in [0.3, 0.4) is 0 Å². The topological polar surface area (TPSA) is 47.0 Å². The zero-order valence-electron chi connectivity index (χ0n) is 9.90. The lowest BCUT2D eigenvalue weighted by molar-refractivity contribution is 0.184. The van der Waals surface area contributed by atoms with Crippen LogP contribution in [0.15, 0.2) is 10.8 Å². The van der Waals surface area contributed by atoms with Crippen LogP contribution in [-0.4, -0.2) is 23.6 Å². The van der Waals surface area contributed by atoms with E-state index in [9.17, 15) is 0 Å². The summed E-state index contributed by atoms with van der Waals surface area (Å²) < 4.78 is 5.05. The third-order valence-corrected chi connectivity index (χ3v) is 3.73. The minimum Gasteiger partial charge on any atom is -0.378 e. The highest BCUT2D eigenvalue weighted by Crippen LogP contribution is 2.26. The maximum Gasteiger partial charge on any atom is 0.183 e. The number of ether oxygens (including phenoxy) is 1. The van der Waals surface area contributed by atoms with Crippen molar-refractivity contribution in [2.45, 2.75) is 20.0 Å². The fourth-order valence-electron chi connectivity index (χ4n) is 1.32. The Bertz CT molecular complexity index is 467. The first kappa shape index (κ1) is 12.5. The molecule has 2 rings (SSSR count). The van der Waals surface area contributed by atoms with E-state index in [1.54, 1.807) is 29.8 Å². The van der Waals surface area contributed by atoms with Gasteiger partial charge in [0.05, 0.1) is 6.61 Å². The molecule has 0 bridgehead atoms. The molecule has 17 heavy (non-hydrogen) atoms. The van der Waals surface area contributed by atoms with E-state index in [0.29, 0.717) is 6.61 Å². The fraction of sp³-hybridized carbons (Fsp3) is 0.455. The van der Waals surface area contributed by atoms with E-state index >= 15 is 0 Å². The second-order valence-electron chi connectivity index (χ2n) is 3.52. The van der Waals surface area contributed by atoms with Crippen LogP contribution >= 0.6 is 22.7 Å². The van der Waals surface area contributed by atoms with Crippen molar-refractivity contribution in [3.8, 4) is 11.4 Å². The Morgan fingerprint density at radius 3 is 2.76 bits per heavy atom. The average molecular weight is 269 g/mol. The molecule has 2 heterocycles. The lowest BCUT2D eigenvalue weighted by Gasteiger charge is -1.96. The van der Waals surface area contributed by atoms with Crippen molar-refractivity contribution in [2.75, 3.05) is 19.0 Å². The lowest BCUT2D eigenvalue weighted by Crippen LogP contribution is -1.98. The molecule has 4 nitrogen and oxygen atoms in total. The Morgan fingerprint density at radius 1 is 1.24 bits per heavy atom. The Kier molecular flexibility index (Phi) is 4.47. The third kappa shape index (κ3) is 3.24. The van der Waals surface area contributed by atoms with Gasteiger partial charge in [0.25, 0.3) is 0 Å². The van der Waals surface area contributed by atoms with E-state index in [0.717, 1.165) is 34.5 Å². The molecule has 0 spiro atoms. The van der Waals surface area contributed by atoms with Crippen molar-refractivity contribution < 1.29 is 4.74 Å². The van der Waals surface area contributed by atoms with Gasteiger partial charge in [-0.2, -0.15) is 0 Å². The molecule has 0 aliphatic heterocycles. The largest absolute Gasteiger partial charge is 0.378 e. The van der Waals surface area contributed by atoms with Crippen molar-refractivity contribution >= 4 is 27.8 Å². The van der Waals surface area contributed by atoms with Gasteiger partial charge in [-0.1, -0.05) is 6.92 Å². The van der Waals surface area contributed by atoms with Crippen LogP contribution in [0.25, 0.3) is 11.4 Å². The molecule has 6 heteroatoms. The van der Waals surface area contributed by atoms with Gasteiger partial charge < -0.3 is 10.1 Å². The molecular weight excluding hydrogens is 254 g/mol. The van der Waals surface area contributed by atoms with Gasteiger partial charge in [0.2, 0.25) is 0 Å². The summed E-state index contributed by atoms with van der Waals surface area (Å²) in [4.78, 5) is 8.98. The van der Waals surface area contributed by atoms with Crippen molar-refractivity contribution in [1.82, 2.24) is 9.97 Å². The first-order valence-corrected chi connectivity index (χ1v) is 7.22. The summed E-state index contributed by atoms with van der Waals surface area (Å²) in [6.07, 6.45) is 1.10. The van der Waals surface area contributed by atoms with Crippen LogP contribution in [0.4, 0.5) is 5.13 Å². The number of methoxy groups -OCH3 is 1. The normalized spacial score (nSPS) is 10.7. The van der Waals surface area contributed by atoms with Crippen LogP contribution in [0, 0.1) is 0 Å². The summed E-state index contributed by atoms with van der Waals surface area (Å²) in [6.45, 7) is 3.66. The summed E-state index contributed by atoms with van der Waals surface area (Å²) in [7, 11) is 1.68. The minimum absolute atomic E-state index is 0.565. The highest BCUT2D eigenvalue weighted by molar-refractivity contribution is 7.14. The number of hydrogen-bond donors (Lipinski definition) is 1. The Labute approximate surface area is 109 Å². The summed E-state index contributed by atoms with van der Waals surface area (Å²) in [5, 5.41) is 9.27. The summed E-state index contributed by atoms with van der Waals surface area (Å²) in [5.41, 5.74) is 1.87. The van der Waals surface area contributed by atoms with Gasteiger partial charge in [-0.25, -0.2) is 9.97 Å². The van der Waals surface area contributed by atoms with Gasteiger partial charge in [-0.05, 0) is 6.42 Å². The van der Waals surface area contributed by atoms with Gasteiger partial charge in [-0.3, -0.25) is 0 Å². The lowest BCUT2D eigenvalue weighted by atomic mass is 10.4. The number of aromatic nitrogens is 2. The van der Waals surface area contributed by atoms with Crippen molar-refractivity contribution in [3.05, 3.63) is 15.8 Å². The Morgan fingerprint density at radius 2 is 2.00 bits per heavy atom. The number of thiazole rings is 2. The van der Waals surface area contributed by atoms with Crippen molar-refractivity contribution in [3.63, 3.8) is 0 Å². The molecule has 0 unspecified atom stereocenters. The minimum atomic E-state index is 0.565. The van der Waals surface area contributed by atoms with Gasteiger partial charge in [0.1, 0.15) is 16.4 Å². The third-order valence-electron chi connectivity index (χ3n) is 2.11. The van der Waals surface area contributed by atoms with Crippen LogP contribution < -0.4 is 5.32 Å². The number of hydrogen-bond acceptors (Lipinski definition) is 6. The van der Waals surface area contributed by atoms with Crippen molar-refractivity contribution in [2.24, 2.45) is 0 Å². The molecule has 0 amide bonds. The Balaban J connectivity index is 2.07. The standard InChI is InChI=1S/C11H15N3OS2/c1-3-4-12-11-14-9(7-17-11)8-6-16-10(13-8)5-15-2/h6-7H,3-5H2,1-2H3,(H,12,14). The molecule has 0 saturated heterocycles. The van der Waals surface area contributed by atoms with E-state index in [4.69, 9.17) is 4.74 Å². The second kappa shape index (κ2) is 6.09. The predicted octanol–water partition coefficient (Wildman–Crippen LogP) is 3.23. The van der Waals surface area contributed by atoms with Crippen LogP contribution in [0.1, 0.15) is 18.4 Å². The van der Waals surface area contributed by atoms with Crippen LogP contribution in [-0.2, 0) is 11.3 Å². The molecule has 0 fully saturated rings. The summed E-state index contributed by atoms with van der Waals surface area (Å²) in [5.74, 6) is 0. The quantitative estimate of drug-likeness (QED) is 0.874. The highest BCUT2D eigenvalue weighted by atomic mass is 32.1. The summed E-state index contributed by atoms with van der Waals surface area (Å²) >= 11 is 3.22. The zero-order chi connectivity index (χ0) is 12.1. The number of rotatable bonds is 6. The first-order valence-electron chi connectivity index (χ1n) is 5.46. The van der Waals surface area contributed by atoms with Gasteiger partial charge in [0.15, 0.2) is 5.13 Å². The second-order valence-corrected chi connectivity index (χ2v) is 5.32. The molecule has 2 aromatic rings. The molecule has 0 aliphatic carbocycles. The monoisotopic (exact) mass is 269 g/mol. The van der Waals surface area contributed by atoms with Crippen LogP contribution in [0.5, 0.6) is 0 Å². The fourth-order valence-corrected chi connectivity index (χ4v) is 2.81. The molecule has 0 radical (unpaired) electrons. The predicted molar refractivity (Wildman–Crippen MR) is 72.7 cm³/mol. The SMILES string of the molecule is CCCNc1nc(-c2csc(COC)n2)cs1. The molecule has 0 aromatic carbocycles. The number of nitrogens with one attached hydrogen (secondary N) is 1. The first-order chi connectivity index (χ1) is 8.33.